The van der Waals surface area contributed by atoms with Crippen LogP contribution < -0.4 is 0 Å². The van der Waals surface area contributed by atoms with E-state index in [2.05, 4.69) is 0 Å². The minimum Gasteiger partial charge on any atom is -0.296 e. The van der Waals surface area contributed by atoms with E-state index in [4.69, 9.17) is 11.6 Å². The fraction of sp³-hybridized carbons (Fsp3) is 0.833. The van der Waals surface area contributed by atoms with Crippen molar-refractivity contribution in [3.63, 3.8) is 0 Å². The lowest BCUT2D eigenvalue weighted by Crippen LogP contribution is -2.29. The molecule has 0 unspecified atom stereocenters. The number of nitrogens with zero attached hydrogens (tertiary/aromatic N) is 1. The molecule has 9 heavy (non-hydrogen) atoms. The lowest BCUT2D eigenvalue weighted by Gasteiger charge is -2.13. The second-order valence-electron chi connectivity index (χ2n) is 2.44. The molecule has 0 spiro atoms. The number of halogens is 1. The van der Waals surface area contributed by atoms with Crippen molar-refractivity contribution in [3.8, 4) is 0 Å². The molecule has 0 aliphatic carbocycles. The van der Waals surface area contributed by atoms with Gasteiger partial charge in [-0.25, -0.2) is 0 Å². The Labute approximate surface area is 59.8 Å². The zero-order chi connectivity index (χ0) is 6.85. The van der Waals surface area contributed by atoms with Crippen LogP contribution in [0.4, 0.5) is 0 Å². The Hall–Kier alpha value is -0.0800. The highest BCUT2D eigenvalue weighted by Crippen LogP contribution is 2.16. The summed E-state index contributed by atoms with van der Waals surface area (Å²) in [5, 5.41) is -0.213. The topological polar surface area (TPSA) is 20.3 Å². The molecule has 1 atom stereocenters. The first-order valence-corrected chi connectivity index (χ1v) is 3.49. The van der Waals surface area contributed by atoms with E-state index in [-0.39, 0.29) is 11.3 Å². The van der Waals surface area contributed by atoms with Gasteiger partial charge in [-0.1, -0.05) is 0 Å². The molecule has 2 nitrogen and oxygen atoms in total. The van der Waals surface area contributed by atoms with Gasteiger partial charge in [-0.15, -0.1) is 0 Å². The third-order valence-corrected chi connectivity index (χ3v) is 2.03. The standard InChI is InChI=1S/C6H10ClNO/c1-8-4-2-3-5(8)6(7)9/h5H,2-4H2,1H3/t5-/m1/s1. The third-order valence-electron chi connectivity index (χ3n) is 1.78. The van der Waals surface area contributed by atoms with Crippen LogP contribution in [-0.4, -0.2) is 29.8 Å². The molecule has 1 aliphatic rings. The zero-order valence-electron chi connectivity index (χ0n) is 5.43. The van der Waals surface area contributed by atoms with Gasteiger partial charge in [0.1, 0.15) is 0 Å². The Balaban J connectivity index is 2.49. The fourth-order valence-corrected chi connectivity index (χ4v) is 1.47. The van der Waals surface area contributed by atoms with Crippen LogP contribution in [0.15, 0.2) is 0 Å². The molecule has 1 fully saturated rings. The zero-order valence-corrected chi connectivity index (χ0v) is 6.19. The summed E-state index contributed by atoms with van der Waals surface area (Å²) in [6.45, 7) is 1.00. The van der Waals surface area contributed by atoms with E-state index in [1.165, 1.54) is 0 Å². The van der Waals surface area contributed by atoms with Crippen LogP contribution in [-0.2, 0) is 4.79 Å². The summed E-state index contributed by atoms with van der Waals surface area (Å²) in [5.41, 5.74) is 0. The number of likely N-dealkylation sites (tertiary alicyclic amines) is 1. The van der Waals surface area contributed by atoms with Gasteiger partial charge in [-0.05, 0) is 38.0 Å². The van der Waals surface area contributed by atoms with Crippen LogP contribution in [0.2, 0.25) is 0 Å². The summed E-state index contributed by atoms with van der Waals surface area (Å²) in [4.78, 5) is 12.6. The van der Waals surface area contributed by atoms with E-state index in [1.54, 1.807) is 0 Å². The van der Waals surface area contributed by atoms with Gasteiger partial charge in [0.25, 0.3) is 0 Å². The second-order valence-corrected chi connectivity index (χ2v) is 2.82. The van der Waals surface area contributed by atoms with Crippen molar-refractivity contribution in [3.05, 3.63) is 0 Å². The summed E-state index contributed by atoms with van der Waals surface area (Å²) in [5.74, 6) is 0. The van der Waals surface area contributed by atoms with Crippen LogP contribution in [0.25, 0.3) is 0 Å². The Kier molecular flexibility index (Phi) is 2.09. The molecule has 1 aliphatic heterocycles. The molecule has 3 heteroatoms. The summed E-state index contributed by atoms with van der Waals surface area (Å²) >= 11 is 5.30. The van der Waals surface area contributed by atoms with Gasteiger partial charge < -0.3 is 0 Å². The minimum atomic E-state index is -0.213. The number of hydrogen-bond donors (Lipinski definition) is 0. The first-order valence-electron chi connectivity index (χ1n) is 3.11. The van der Waals surface area contributed by atoms with E-state index in [0.717, 1.165) is 19.4 Å². The smallest absolute Gasteiger partial charge is 0.238 e. The van der Waals surface area contributed by atoms with Gasteiger partial charge in [-0.3, -0.25) is 9.69 Å². The van der Waals surface area contributed by atoms with Crippen molar-refractivity contribution >= 4 is 16.8 Å². The van der Waals surface area contributed by atoms with Crippen molar-refractivity contribution in [1.29, 1.82) is 0 Å². The molecule has 0 radical (unpaired) electrons. The molecule has 0 amide bonds. The van der Waals surface area contributed by atoms with Crippen molar-refractivity contribution < 1.29 is 4.79 Å². The Morgan fingerprint density at radius 1 is 1.78 bits per heavy atom. The second kappa shape index (κ2) is 2.67. The molecule has 0 aromatic heterocycles. The molecule has 0 bridgehead atoms. The first-order chi connectivity index (χ1) is 4.22. The average Bonchev–Trinajstić information content (AvgIpc) is 2.13. The summed E-state index contributed by atoms with van der Waals surface area (Å²) in [7, 11) is 1.93. The molecule has 1 heterocycles. The minimum absolute atomic E-state index is 0.00772. The molecule has 1 rings (SSSR count). The van der Waals surface area contributed by atoms with Gasteiger partial charge >= 0.3 is 0 Å². The number of hydrogen-bond acceptors (Lipinski definition) is 2. The lowest BCUT2D eigenvalue weighted by molar-refractivity contribution is -0.115. The van der Waals surface area contributed by atoms with Crippen LogP contribution in [0.1, 0.15) is 12.8 Å². The average molecular weight is 148 g/mol. The summed E-state index contributed by atoms with van der Waals surface area (Å²) < 4.78 is 0. The van der Waals surface area contributed by atoms with E-state index in [1.807, 2.05) is 11.9 Å². The third kappa shape index (κ3) is 1.43. The van der Waals surface area contributed by atoms with Gasteiger partial charge in [-0.2, -0.15) is 0 Å². The van der Waals surface area contributed by atoms with Crippen molar-refractivity contribution in [2.75, 3.05) is 13.6 Å². The number of carbonyl (C=O) groups is 1. The molecule has 0 aromatic carbocycles. The summed E-state index contributed by atoms with van der Waals surface area (Å²) in [6.07, 6.45) is 2.03. The predicted octanol–water partition coefficient (Wildman–Crippen LogP) is 0.846. The van der Waals surface area contributed by atoms with Gasteiger partial charge in [0.05, 0.1) is 6.04 Å². The van der Waals surface area contributed by atoms with E-state index >= 15 is 0 Å². The Bertz CT molecular complexity index is 126. The molecule has 0 saturated carbocycles. The Morgan fingerprint density at radius 3 is 2.67 bits per heavy atom. The lowest BCUT2D eigenvalue weighted by atomic mass is 10.2. The quantitative estimate of drug-likeness (QED) is 0.513. The van der Waals surface area contributed by atoms with Crippen LogP contribution in [0, 0.1) is 0 Å². The SMILES string of the molecule is CN1CCC[C@@H]1C(=O)Cl. The molecular formula is C6H10ClNO. The normalized spacial score (nSPS) is 28.9. The van der Waals surface area contributed by atoms with Crippen molar-refractivity contribution in [1.82, 2.24) is 4.90 Å². The highest BCUT2D eigenvalue weighted by molar-refractivity contribution is 6.64. The molecule has 0 N–H and O–H groups in total. The maximum absolute atomic E-state index is 10.6. The van der Waals surface area contributed by atoms with Crippen LogP contribution >= 0.6 is 11.6 Å². The van der Waals surface area contributed by atoms with Crippen LogP contribution in [0.3, 0.4) is 0 Å². The largest absolute Gasteiger partial charge is 0.296 e. The van der Waals surface area contributed by atoms with E-state index in [9.17, 15) is 4.79 Å². The fourth-order valence-electron chi connectivity index (χ4n) is 1.20. The number of carbonyl (C=O) groups excluding carboxylic acids is 1. The highest BCUT2D eigenvalue weighted by Gasteiger charge is 2.25. The first kappa shape index (κ1) is 7.03. The number of rotatable bonds is 1. The maximum atomic E-state index is 10.6. The van der Waals surface area contributed by atoms with E-state index in [0.29, 0.717) is 0 Å². The van der Waals surface area contributed by atoms with Crippen molar-refractivity contribution in [2.24, 2.45) is 0 Å². The van der Waals surface area contributed by atoms with Gasteiger partial charge in [0, 0.05) is 0 Å². The predicted molar refractivity (Wildman–Crippen MR) is 36.5 cm³/mol. The molecule has 1 saturated heterocycles. The molecule has 52 valence electrons. The highest BCUT2D eigenvalue weighted by atomic mass is 35.5. The number of likely N-dealkylation sites (N-methyl/N-ethyl adjacent to an activating group) is 1. The van der Waals surface area contributed by atoms with E-state index < -0.39 is 0 Å². The molecular weight excluding hydrogens is 138 g/mol. The van der Waals surface area contributed by atoms with Crippen molar-refractivity contribution in [2.45, 2.75) is 18.9 Å². The van der Waals surface area contributed by atoms with Crippen LogP contribution in [0.5, 0.6) is 0 Å². The monoisotopic (exact) mass is 147 g/mol. The summed E-state index contributed by atoms with van der Waals surface area (Å²) in [6, 6.07) is -0.00772. The van der Waals surface area contributed by atoms with Gasteiger partial charge in [0.2, 0.25) is 5.24 Å². The maximum Gasteiger partial charge on any atom is 0.238 e. The molecule has 0 aromatic rings. The van der Waals surface area contributed by atoms with Gasteiger partial charge in [0.15, 0.2) is 0 Å². The Morgan fingerprint density at radius 2 is 2.44 bits per heavy atom.